The summed E-state index contributed by atoms with van der Waals surface area (Å²) in [5, 5.41) is 22.6. The molecule has 0 spiro atoms. The van der Waals surface area contributed by atoms with E-state index >= 15 is 0 Å². The van der Waals surface area contributed by atoms with Crippen LogP contribution in [-0.2, 0) is 25.6 Å². The van der Waals surface area contributed by atoms with Gasteiger partial charge in [0.25, 0.3) is 5.91 Å². The Morgan fingerprint density at radius 3 is 2.65 bits per heavy atom. The van der Waals surface area contributed by atoms with E-state index in [0.29, 0.717) is 52.8 Å². The van der Waals surface area contributed by atoms with E-state index in [1.807, 2.05) is 23.7 Å². The molecule has 5 heterocycles. The van der Waals surface area contributed by atoms with E-state index in [1.165, 1.54) is 4.90 Å². The van der Waals surface area contributed by atoms with Gasteiger partial charge in [-0.15, -0.1) is 0 Å². The Hall–Kier alpha value is -4.06. The number of hydrogen-bond donors (Lipinski definition) is 3. The molecule has 40 heavy (non-hydrogen) atoms. The van der Waals surface area contributed by atoms with Gasteiger partial charge >= 0.3 is 6.09 Å². The molecule has 1 aliphatic carbocycles. The summed E-state index contributed by atoms with van der Waals surface area (Å²) >= 11 is 0. The van der Waals surface area contributed by atoms with Crippen LogP contribution in [0.4, 0.5) is 9.18 Å². The quantitative estimate of drug-likeness (QED) is 0.307. The van der Waals surface area contributed by atoms with E-state index in [0.717, 1.165) is 36.1 Å². The Morgan fingerprint density at radius 1 is 1.20 bits per heavy atom. The van der Waals surface area contributed by atoms with Crippen LogP contribution in [0.15, 0.2) is 24.3 Å². The molecule has 12 heteroatoms. The molecule has 0 saturated heterocycles. The summed E-state index contributed by atoms with van der Waals surface area (Å²) in [6.45, 7) is 3.58. The van der Waals surface area contributed by atoms with E-state index in [1.54, 1.807) is 19.9 Å². The van der Waals surface area contributed by atoms with Gasteiger partial charge < -0.3 is 29.6 Å². The number of carbonyl (C=O) groups is 2. The molecular weight excluding hydrogens is 517 g/mol. The molecule has 210 valence electrons. The van der Waals surface area contributed by atoms with Gasteiger partial charge in [0, 0.05) is 38.5 Å². The van der Waals surface area contributed by atoms with E-state index in [9.17, 15) is 19.1 Å². The van der Waals surface area contributed by atoms with Crippen molar-refractivity contribution in [3.05, 3.63) is 41.2 Å². The lowest BCUT2D eigenvalue weighted by Gasteiger charge is -2.30. The number of fused-ring (bicyclic) bond motifs is 3. The van der Waals surface area contributed by atoms with E-state index in [2.05, 4.69) is 16.0 Å². The van der Waals surface area contributed by atoms with Crippen LogP contribution in [0.2, 0.25) is 0 Å². The van der Waals surface area contributed by atoms with Crippen LogP contribution in [0, 0.1) is 5.92 Å². The normalized spacial score (nSPS) is 16.5. The lowest BCUT2D eigenvalue weighted by atomic mass is 10.0. The van der Waals surface area contributed by atoms with E-state index < -0.39 is 24.4 Å². The second kappa shape index (κ2) is 9.54. The molecule has 11 nitrogen and oxygen atoms in total. The number of carbonyl (C=O) groups excluding carboxylic acids is 1. The number of aromatic nitrogens is 5. The monoisotopic (exact) mass is 549 g/mol. The molecule has 0 aromatic carbocycles. The third-order valence-corrected chi connectivity index (χ3v) is 7.75. The summed E-state index contributed by atoms with van der Waals surface area (Å²) in [5.74, 6) is 0.940. The molecule has 1 aliphatic heterocycles. The number of halogens is 1. The first-order valence-electron chi connectivity index (χ1n) is 13.5. The predicted molar refractivity (Wildman–Crippen MR) is 146 cm³/mol. The van der Waals surface area contributed by atoms with Crippen molar-refractivity contribution in [3.63, 3.8) is 0 Å². The molecule has 4 aromatic rings. The number of pyridine rings is 2. The van der Waals surface area contributed by atoms with Crippen molar-refractivity contribution in [2.75, 3.05) is 19.8 Å². The first-order valence-corrected chi connectivity index (χ1v) is 13.5. The van der Waals surface area contributed by atoms with Gasteiger partial charge in [-0.05, 0) is 56.9 Å². The molecule has 0 radical (unpaired) electrons. The largest absolute Gasteiger partial charge is 0.465 e. The lowest BCUT2D eigenvalue weighted by Crippen LogP contribution is -2.48. The maximum Gasteiger partial charge on any atom is 0.405 e. The maximum atomic E-state index is 13.4. The van der Waals surface area contributed by atoms with Gasteiger partial charge in [-0.3, -0.25) is 4.79 Å². The Kier molecular flexibility index (Phi) is 6.25. The highest BCUT2D eigenvalue weighted by Crippen LogP contribution is 2.36. The molecule has 0 unspecified atom stereocenters. The van der Waals surface area contributed by atoms with Crippen LogP contribution < -0.4 is 5.32 Å². The molecule has 2 amide bonds. The topological polar surface area (TPSA) is 138 Å². The molecule has 3 N–H and O–H groups in total. The van der Waals surface area contributed by atoms with E-state index in [-0.39, 0.29) is 12.5 Å². The second-order valence-electron chi connectivity index (χ2n) is 11.4. The molecular formula is C28H32FN7O4. The highest BCUT2D eigenvalue weighted by atomic mass is 19.1. The first kappa shape index (κ1) is 26.2. The highest BCUT2D eigenvalue weighted by molar-refractivity contribution is 5.99. The van der Waals surface area contributed by atoms with Crippen molar-refractivity contribution in [1.29, 1.82) is 0 Å². The fourth-order valence-electron chi connectivity index (χ4n) is 5.41. The third-order valence-electron chi connectivity index (χ3n) is 7.75. The molecule has 4 aromatic heterocycles. The fourth-order valence-corrected chi connectivity index (χ4v) is 5.41. The van der Waals surface area contributed by atoms with E-state index in [4.69, 9.17) is 20.1 Å². The Bertz CT molecular complexity index is 1650. The number of hydrogen-bond acceptors (Lipinski definition) is 6. The standard InChI is InChI=1S/C28H32FN7O4/c1-28(2,40)22-7-6-16-10-21(36(23(16)33-22)13-15-4-5-15)25-32-20-11-18-19(31-24(20)34(25)3)8-9-35(26(18)37)14-17(12-29)30-27(38)39/h6-7,10-11,15,17,30,40H,4-5,8-9,12-14H2,1-3H3,(H,38,39)/t17-/m1/s1. The summed E-state index contributed by atoms with van der Waals surface area (Å²) in [6, 6.07) is 6.59. The van der Waals surface area contributed by atoms with Crippen LogP contribution >= 0.6 is 0 Å². The molecule has 1 saturated carbocycles. The highest BCUT2D eigenvalue weighted by Gasteiger charge is 2.31. The van der Waals surface area contributed by atoms with Crippen molar-refractivity contribution in [2.24, 2.45) is 13.0 Å². The molecule has 1 fully saturated rings. The van der Waals surface area contributed by atoms with Crippen molar-refractivity contribution >= 4 is 34.2 Å². The molecule has 0 bridgehead atoms. The fraction of sp³-hybridized carbons (Fsp3) is 0.464. The molecule has 6 rings (SSSR count). The number of nitrogens with zero attached hydrogens (tertiary/aromatic N) is 6. The zero-order valence-electron chi connectivity index (χ0n) is 22.7. The molecule has 1 atom stereocenters. The SMILES string of the molecule is Cn1c(-c2cc3ccc(C(C)(C)O)nc3n2CC2CC2)nc2cc3c(nc21)CCN(C[C@@H](CF)NC(=O)O)C3=O. The number of nitrogens with one attached hydrogen (secondary N) is 1. The van der Waals surface area contributed by atoms with Gasteiger partial charge in [0.1, 0.15) is 23.4 Å². The van der Waals surface area contributed by atoms with Gasteiger partial charge in [0.05, 0.1) is 28.7 Å². The zero-order chi connectivity index (χ0) is 28.3. The summed E-state index contributed by atoms with van der Waals surface area (Å²) in [5.41, 5.74) is 3.45. The van der Waals surface area contributed by atoms with Crippen LogP contribution in [0.1, 0.15) is 48.4 Å². The van der Waals surface area contributed by atoms with Crippen molar-refractivity contribution < 1.29 is 24.2 Å². The minimum atomic E-state index is -1.33. The average Bonchev–Trinajstić information content (AvgIpc) is 3.58. The summed E-state index contributed by atoms with van der Waals surface area (Å²) < 4.78 is 17.5. The number of imidazole rings is 1. The van der Waals surface area contributed by atoms with Crippen molar-refractivity contribution in [1.82, 2.24) is 34.3 Å². The maximum absolute atomic E-state index is 13.4. The Labute approximate surface area is 229 Å². The van der Waals surface area contributed by atoms with Crippen LogP contribution in [0.3, 0.4) is 0 Å². The lowest BCUT2D eigenvalue weighted by molar-refractivity contribution is 0.0711. The van der Waals surface area contributed by atoms with Crippen LogP contribution in [-0.4, -0.2) is 77.0 Å². The first-order chi connectivity index (χ1) is 19.0. The van der Waals surface area contributed by atoms with Crippen LogP contribution in [0.25, 0.3) is 33.7 Å². The predicted octanol–water partition coefficient (Wildman–Crippen LogP) is 3.23. The average molecular weight is 550 g/mol. The van der Waals surface area contributed by atoms with Gasteiger partial charge in [-0.1, -0.05) is 0 Å². The Morgan fingerprint density at radius 2 is 1.98 bits per heavy atom. The summed E-state index contributed by atoms with van der Waals surface area (Å²) in [4.78, 5) is 40.3. The summed E-state index contributed by atoms with van der Waals surface area (Å²) in [7, 11) is 1.90. The van der Waals surface area contributed by atoms with Gasteiger partial charge in [-0.2, -0.15) is 0 Å². The minimum Gasteiger partial charge on any atom is -0.465 e. The van der Waals surface area contributed by atoms with Gasteiger partial charge in [0.2, 0.25) is 0 Å². The van der Waals surface area contributed by atoms with Gasteiger partial charge in [0.15, 0.2) is 11.5 Å². The smallest absolute Gasteiger partial charge is 0.405 e. The number of aliphatic hydroxyl groups is 1. The number of carboxylic acid groups (broad SMARTS) is 1. The van der Waals surface area contributed by atoms with Crippen molar-refractivity contribution in [3.8, 4) is 11.5 Å². The van der Waals surface area contributed by atoms with Crippen LogP contribution in [0.5, 0.6) is 0 Å². The third kappa shape index (κ3) is 4.66. The number of aryl methyl sites for hydroxylation is 1. The number of amides is 2. The zero-order valence-corrected chi connectivity index (χ0v) is 22.7. The minimum absolute atomic E-state index is 0.0620. The number of rotatable bonds is 8. The second-order valence-corrected chi connectivity index (χ2v) is 11.4. The summed E-state index contributed by atoms with van der Waals surface area (Å²) in [6.07, 6.45) is 1.45. The number of alkyl halides is 1. The Balaban J connectivity index is 1.40. The molecule has 2 aliphatic rings. The van der Waals surface area contributed by atoms with Crippen molar-refractivity contribution in [2.45, 2.75) is 51.3 Å². The van der Waals surface area contributed by atoms with Gasteiger partial charge in [-0.25, -0.2) is 24.1 Å².